The van der Waals surface area contributed by atoms with Crippen molar-refractivity contribution < 1.29 is 0 Å². The molecule has 1 nitrogen and oxygen atoms in total. The van der Waals surface area contributed by atoms with Gasteiger partial charge in [0.15, 0.2) is 0 Å². The lowest BCUT2D eigenvalue weighted by molar-refractivity contribution is 1.27. The second kappa shape index (κ2) is 4.17. The highest BCUT2D eigenvalue weighted by Gasteiger charge is 2.10. The predicted molar refractivity (Wildman–Crippen MR) is 71.6 cm³/mol. The average molecular weight is 378 g/mol. The predicted octanol–water partition coefficient (Wildman–Crippen LogP) is 4.33. The van der Waals surface area contributed by atoms with Gasteiger partial charge in [-0.3, -0.25) is 0 Å². The lowest BCUT2D eigenvalue weighted by Gasteiger charge is -2.04. The van der Waals surface area contributed by atoms with Gasteiger partial charge in [0.05, 0.1) is 12.5 Å². The standard InChI is InChI=1S/C10H5BrINS/c11-9-7(1-3-13)10-6(2-4-14-10)5-8(9)12/h2,4-5H,1H2. The van der Waals surface area contributed by atoms with Crippen molar-refractivity contribution in [2.24, 2.45) is 0 Å². The van der Waals surface area contributed by atoms with E-state index in [-0.39, 0.29) is 0 Å². The van der Waals surface area contributed by atoms with Crippen LogP contribution in [0.2, 0.25) is 0 Å². The molecule has 0 aliphatic heterocycles. The van der Waals surface area contributed by atoms with Gasteiger partial charge in [0.2, 0.25) is 0 Å². The fourth-order valence-electron chi connectivity index (χ4n) is 1.36. The Morgan fingerprint density at radius 1 is 1.57 bits per heavy atom. The van der Waals surface area contributed by atoms with Gasteiger partial charge in [0, 0.05) is 12.7 Å². The molecular weight excluding hydrogens is 373 g/mol. The summed E-state index contributed by atoms with van der Waals surface area (Å²) < 4.78 is 3.45. The molecule has 2 rings (SSSR count). The van der Waals surface area contributed by atoms with Gasteiger partial charge in [-0.1, -0.05) is 0 Å². The third kappa shape index (κ3) is 1.69. The summed E-state index contributed by atoms with van der Waals surface area (Å²) >= 11 is 7.51. The molecule has 0 fully saturated rings. The number of nitrogens with zero attached hydrogens (tertiary/aromatic N) is 1. The number of benzene rings is 1. The van der Waals surface area contributed by atoms with Crippen molar-refractivity contribution in [2.45, 2.75) is 6.42 Å². The van der Waals surface area contributed by atoms with Crippen molar-refractivity contribution in [1.29, 1.82) is 5.26 Å². The molecule has 0 aliphatic carbocycles. The van der Waals surface area contributed by atoms with E-state index in [0.717, 1.165) is 10.0 Å². The Hall–Kier alpha value is -0.120. The number of hydrogen-bond acceptors (Lipinski definition) is 2. The monoisotopic (exact) mass is 377 g/mol. The minimum Gasteiger partial charge on any atom is -0.198 e. The Morgan fingerprint density at radius 3 is 3.07 bits per heavy atom. The van der Waals surface area contributed by atoms with E-state index in [9.17, 15) is 0 Å². The normalized spacial score (nSPS) is 10.4. The van der Waals surface area contributed by atoms with E-state index in [2.05, 4.69) is 62.1 Å². The van der Waals surface area contributed by atoms with Crippen molar-refractivity contribution in [3.63, 3.8) is 0 Å². The topological polar surface area (TPSA) is 23.8 Å². The van der Waals surface area contributed by atoms with E-state index in [0.29, 0.717) is 6.42 Å². The highest BCUT2D eigenvalue weighted by atomic mass is 127. The first-order chi connectivity index (χ1) is 6.74. The van der Waals surface area contributed by atoms with Crippen LogP contribution in [0.3, 0.4) is 0 Å². The molecule has 70 valence electrons. The maximum absolute atomic E-state index is 8.76. The van der Waals surface area contributed by atoms with Gasteiger partial charge in [0.25, 0.3) is 0 Å². The van der Waals surface area contributed by atoms with E-state index in [1.165, 1.54) is 13.7 Å². The average Bonchev–Trinajstić information content (AvgIpc) is 2.60. The highest BCUT2D eigenvalue weighted by Crippen LogP contribution is 2.34. The van der Waals surface area contributed by atoms with Crippen LogP contribution < -0.4 is 0 Å². The molecule has 14 heavy (non-hydrogen) atoms. The van der Waals surface area contributed by atoms with Crippen molar-refractivity contribution in [3.8, 4) is 6.07 Å². The summed E-state index contributed by atoms with van der Waals surface area (Å²) in [4.78, 5) is 0. The molecule has 2 aromatic rings. The highest BCUT2D eigenvalue weighted by molar-refractivity contribution is 14.1. The Balaban J connectivity index is 2.81. The first-order valence-corrected chi connectivity index (χ1v) is 6.70. The Morgan fingerprint density at radius 2 is 2.36 bits per heavy atom. The van der Waals surface area contributed by atoms with Crippen LogP contribution in [-0.4, -0.2) is 0 Å². The van der Waals surface area contributed by atoms with E-state index < -0.39 is 0 Å². The van der Waals surface area contributed by atoms with E-state index in [1.54, 1.807) is 11.3 Å². The first kappa shape index (κ1) is 10.4. The summed E-state index contributed by atoms with van der Waals surface area (Å²) in [6.45, 7) is 0. The largest absolute Gasteiger partial charge is 0.198 e. The lowest BCUT2D eigenvalue weighted by Crippen LogP contribution is -1.87. The summed E-state index contributed by atoms with van der Waals surface area (Å²) in [5.41, 5.74) is 1.12. The maximum atomic E-state index is 8.76. The van der Waals surface area contributed by atoms with Crippen LogP contribution in [0.25, 0.3) is 10.1 Å². The molecule has 0 unspecified atom stereocenters. The summed E-state index contributed by atoms with van der Waals surface area (Å²) in [7, 11) is 0. The zero-order valence-corrected chi connectivity index (χ0v) is 11.6. The lowest BCUT2D eigenvalue weighted by atomic mass is 10.1. The molecular formula is C10H5BrINS. The minimum atomic E-state index is 0.467. The zero-order valence-electron chi connectivity index (χ0n) is 7.05. The van der Waals surface area contributed by atoms with Crippen LogP contribution in [0.15, 0.2) is 22.0 Å². The Bertz CT molecular complexity index is 527. The molecule has 0 radical (unpaired) electrons. The van der Waals surface area contributed by atoms with Crippen LogP contribution >= 0.6 is 49.9 Å². The van der Waals surface area contributed by atoms with Gasteiger partial charge in [-0.05, 0) is 67.0 Å². The number of rotatable bonds is 1. The molecule has 0 saturated heterocycles. The molecule has 1 aromatic heterocycles. The quantitative estimate of drug-likeness (QED) is 0.678. The molecule has 0 saturated carbocycles. The van der Waals surface area contributed by atoms with Crippen molar-refractivity contribution in [2.75, 3.05) is 0 Å². The third-order valence-corrected chi connectivity index (χ3v) is 5.47. The second-order valence-electron chi connectivity index (χ2n) is 2.82. The van der Waals surface area contributed by atoms with Gasteiger partial charge in [-0.25, -0.2) is 0 Å². The molecule has 0 aliphatic rings. The van der Waals surface area contributed by atoms with Crippen LogP contribution in [0, 0.1) is 14.9 Å². The van der Waals surface area contributed by atoms with Crippen LogP contribution in [-0.2, 0) is 6.42 Å². The number of fused-ring (bicyclic) bond motifs is 1. The van der Waals surface area contributed by atoms with Crippen molar-refractivity contribution >= 4 is 59.9 Å². The molecule has 0 amide bonds. The zero-order chi connectivity index (χ0) is 10.1. The fraction of sp³-hybridized carbons (Fsp3) is 0.100. The SMILES string of the molecule is N#CCc1c(Br)c(I)cc2ccsc12. The third-order valence-electron chi connectivity index (χ3n) is 1.98. The molecule has 1 aromatic carbocycles. The Labute approximate surface area is 108 Å². The summed E-state index contributed by atoms with van der Waals surface area (Å²) in [5.74, 6) is 0. The molecule has 0 spiro atoms. The number of halogens is 2. The summed E-state index contributed by atoms with van der Waals surface area (Å²) in [6.07, 6.45) is 0.467. The minimum absolute atomic E-state index is 0.467. The van der Waals surface area contributed by atoms with Crippen LogP contribution in [0.5, 0.6) is 0 Å². The van der Waals surface area contributed by atoms with E-state index in [1.807, 2.05) is 0 Å². The number of nitriles is 1. The smallest absolute Gasteiger partial charge is 0.0670 e. The van der Waals surface area contributed by atoms with Crippen LogP contribution in [0.4, 0.5) is 0 Å². The van der Waals surface area contributed by atoms with Crippen LogP contribution in [0.1, 0.15) is 5.56 Å². The van der Waals surface area contributed by atoms with E-state index in [4.69, 9.17) is 5.26 Å². The number of hydrogen-bond donors (Lipinski definition) is 0. The van der Waals surface area contributed by atoms with Gasteiger partial charge >= 0.3 is 0 Å². The van der Waals surface area contributed by atoms with Gasteiger partial charge in [0.1, 0.15) is 0 Å². The summed E-state index contributed by atoms with van der Waals surface area (Å²) in [5, 5.41) is 12.1. The molecule has 0 atom stereocenters. The van der Waals surface area contributed by atoms with Gasteiger partial charge < -0.3 is 0 Å². The fourth-order valence-corrected chi connectivity index (χ4v) is 3.53. The first-order valence-electron chi connectivity index (χ1n) is 3.95. The van der Waals surface area contributed by atoms with Gasteiger partial charge in [-0.15, -0.1) is 11.3 Å². The maximum Gasteiger partial charge on any atom is 0.0670 e. The number of thiophene rings is 1. The molecule has 0 bridgehead atoms. The molecule has 4 heteroatoms. The van der Waals surface area contributed by atoms with Crippen molar-refractivity contribution in [3.05, 3.63) is 31.1 Å². The molecule has 0 N–H and O–H groups in total. The van der Waals surface area contributed by atoms with Crippen molar-refractivity contribution in [1.82, 2.24) is 0 Å². The summed E-state index contributed by atoms with van der Waals surface area (Å²) in [6, 6.07) is 6.44. The second-order valence-corrected chi connectivity index (χ2v) is 5.70. The van der Waals surface area contributed by atoms with Gasteiger partial charge in [-0.2, -0.15) is 5.26 Å². The Kier molecular flexibility index (Phi) is 3.10. The van der Waals surface area contributed by atoms with E-state index >= 15 is 0 Å². The molecule has 1 heterocycles.